The Hall–Kier alpha value is -2.06. The Morgan fingerprint density at radius 2 is 2.04 bits per heavy atom. The van der Waals surface area contributed by atoms with Gasteiger partial charge in [0.25, 0.3) is 5.91 Å². The van der Waals surface area contributed by atoms with E-state index in [1.54, 1.807) is 13.8 Å². The topological polar surface area (TPSA) is 73.9 Å². The molecule has 1 aliphatic rings. The summed E-state index contributed by atoms with van der Waals surface area (Å²) in [6, 6.07) is 2.79. The highest BCUT2D eigenvalue weighted by atomic mass is 19.1. The molecule has 1 heterocycles. The fraction of sp³-hybridized carbons (Fsp3) is 0.579. The predicted octanol–water partition coefficient (Wildman–Crippen LogP) is 3.06. The summed E-state index contributed by atoms with van der Waals surface area (Å²) in [4.78, 5) is 24.6. The number of benzene rings is 1. The molecule has 1 aromatic rings. The number of hydrogen-bond donors (Lipinski definition) is 1. The molecule has 3 unspecified atom stereocenters. The lowest BCUT2D eigenvalue weighted by molar-refractivity contribution is -0.168. The highest BCUT2D eigenvalue weighted by Crippen LogP contribution is 2.18. The normalized spacial score (nSPS) is 19.0. The quantitative estimate of drug-likeness (QED) is 0.697. The number of halogens is 2. The minimum absolute atomic E-state index is 0.0362. The first-order chi connectivity index (χ1) is 12.8. The number of anilines is 1. The molecule has 1 aromatic carbocycles. The molecule has 0 spiro atoms. The van der Waals surface area contributed by atoms with E-state index in [-0.39, 0.29) is 24.3 Å². The molecule has 0 saturated carbocycles. The van der Waals surface area contributed by atoms with Crippen LogP contribution in [-0.2, 0) is 23.8 Å². The van der Waals surface area contributed by atoms with Crippen molar-refractivity contribution in [2.45, 2.75) is 51.9 Å². The molecule has 2 rings (SSSR count). The average molecular weight is 385 g/mol. The zero-order valence-electron chi connectivity index (χ0n) is 15.7. The van der Waals surface area contributed by atoms with Crippen LogP contribution in [0.5, 0.6) is 0 Å². The maximum absolute atomic E-state index is 13.7. The Labute approximate surface area is 157 Å². The summed E-state index contributed by atoms with van der Waals surface area (Å²) >= 11 is 0. The van der Waals surface area contributed by atoms with Crippen molar-refractivity contribution in [2.24, 2.45) is 5.92 Å². The van der Waals surface area contributed by atoms with Crippen LogP contribution < -0.4 is 5.32 Å². The van der Waals surface area contributed by atoms with Gasteiger partial charge in [0.2, 0.25) is 0 Å². The summed E-state index contributed by atoms with van der Waals surface area (Å²) in [6.45, 7) is 5.87. The van der Waals surface area contributed by atoms with Gasteiger partial charge in [-0.2, -0.15) is 0 Å². The molecule has 3 atom stereocenters. The van der Waals surface area contributed by atoms with E-state index in [0.29, 0.717) is 12.7 Å². The second-order valence-electron chi connectivity index (χ2n) is 6.83. The van der Waals surface area contributed by atoms with Gasteiger partial charge in [-0.1, -0.05) is 13.8 Å². The Morgan fingerprint density at radius 1 is 1.30 bits per heavy atom. The molecule has 0 bridgehead atoms. The van der Waals surface area contributed by atoms with Gasteiger partial charge in [-0.15, -0.1) is 0 Å². The van der Waals surface area contributed by atoms with Crippen LogP contribution in [0.4, 0.5) is 14.5 Å². The minimum Gasteiger partial charge on any atom is -0.450 e. The molecule has 1 saturated heterocycles. The summed E-state index contributed by atoms with van der Waals surface area (Å²) in [6.07, 6.45) is -0.211. The van der Waals surface area contributed by atoms with Gasteiger partial charge in [-0.3, -0.25) is 4.79 Å². The first kappa shape index (κ1) is 21.2. The molecule has 1 fully saturated rings. The van der Waals surface area contributed by atoms with Crippen LogP contribution in [0.25, 0.3) is 0 Å². The lowest BCUT2D eigenvalue weighted by Crippen LogP contribution is -2.40. The fourth-order valence-electron chi connectivity index (χ4n) is 2.60. The zero-order valence-corrected chi connectivity index (χ0v) is 15.7. The second kappa shape index (κ2) is 9.75. The lowest BCUT2D eigenvalue weighted by atomic mass is 10.1. The third kappa shape index (κ3) is 6.25. The zero-order chi connectivity index (χ0) is 20.0. The molecule has 1 amide bonds. The number of nitrogens with one attached hydrogen (secondary N) is 1. The molecule has 1 aliphatic heterocycles. The molecular formula is C19H25F2NO5. The van der Waals surface area contributed by atoms with Crippen molar-refractivity contribution in [1.29, 1.82) is 0 Å². The Morgan fingerprint density at radius 3 is 2.63 bits per heavy atom. The van der Waals surface area contributed by atoms with Crippen LogP contribution in [0.2, 0.25) is 0 Å². The van der Waals surface area contributed by atoms with Gasteiger partial charge >= 0.3 is 5.97 Å². The van der Waals surface area contributed by atoms with Crippen LogP contribution in [0.1, 0.15) is 33.6 Å². The number of carbonyl (C=O) groups is 2. The summed E-state index contributed by atoms with van der Waals surface area (Å²) in [5.74, 6) is -3.42. The van der Waals surface area contributed by atoms with E-state index in [2.05, 4.69) is 5.32 Å². The SMILES string of the molecule is CC(OCC1CCCO1)C(=O)OC(C(=O)Nc1ccc(F)cc1F)C(C)C. The number of carbonyl (C=O) groups excluding carboxylic acids is 2. The fourth-order valence-corrected chi connectivity index (χ4v) is 2.60. The summed E-state index contributed by atoms with van der Waals surface area (Å²) in [5.41, 5.74) is -0.189. The Balaban J connectivity index is 1.92. The number of esters is 1. The number of hydrogen-bond acceptors (Lipinski definition) is 5. The van der Waals surface area contributed by atoms with E-state index in [4.69, 9.17) is 14.2 Å². The third-order valence-corrected chi connectivity index (χ3v) is 4.18. The van der Waals surface area contributed by atoms with Crippen LogP contribution in [-0.4, -0.2) is 43.4 Å². The molecule has 0 aliphatic carbocycles. The highest BCUT2D eigenvalue weighted by Gasteiger charge is 2.30. The third-order valence-electron chi connectivity index (χ3n) is 4.18. The molecular weight excluding hydrogens is 360 g/mol. The molecule has 0 radical (unpaired) electrons. The van der Waals surface area contributed by atoms with E-state index in [1.807, 2.05) is 0 Å². The van der Waals surface area contributed by atoms with Gasteiger partial charge in [0.05, 0.1) is 18.4 Å². The largest absolute Gasteiger partial charge is 0.450 e. The summed E-state index contributed by atoms with van der Waals surface area (Å²) < 4.78 is 42.9. The number of rotatable bonds is 8. The van der Waals surface area contributed by atoms with Crippen molar-refractivity contribution in [1.82, 2.24) is 0 Å². The van der Waals surface area contributed by atoms with Crippen LogP contribution in [0.15, 0.2) is 18.2 Å². The Bertz CT molecular complexity index is 662. The molecule has 1 N–H and O–H groups in total. The van der Waals surface area contributed by atoms with Gasteiger partial charge in [-0.25, -0.2) is 13.6 Å². The van der Waals surface area contributed by atoms with Gasteiger partial charge in [-0.05, 0) is 37.8 Å². The van der Waals surface area contributed by atoms with E-state index >= 15 is 0 Å². The van der Waals surface area contributed by atoms with Crippen LogP contribution >= 0.6 is 0 Å². The summed E-state index contributed by atoms with van der Waals surface area (Å²) in [5, 5.41) is 2.32. The number of amides is 1. The van der Waals surface area contributed by atoms with Crippen LogP contribution in [0, 0.1) is 17.6 Å². The van der Waals surface area contributed by atoms with Crippen molar-refractivity contribution in [3.63, 3.8) is 0 Å². The van der Waals surface area contributed by atoms with Gasteiger partial charge in [0.15, 0.2) is 12.2 Å². The first-order valence-corrected chi connectivity index (χ1v) is 8.97. The molecule has 0 aromatic heterocycles. The van der Waals surface area contributed by atoms with Crippen molar-refractivity contribution in [3.05, 3.63) is 29.8 Å². The molecule has 27 heavy (non-hydrogen) atoms. The van der Waals surface area contributed by atoms with Crippen molar-refractivity contribution in [3.8, 4) is 0 Å². The van der Waals surface area contributed by atoms with E-state index < -0.39 is 35.7 Å². The Kier molecular flexibility index (Phi) is 7.67. The molecule has 150 valence electrons. The van der Waals surface area contributed by atoms with Gasteiger partial charge < -0.3 is 19.5 Å². The standard InChI is InChI=1S/C19H25F2NO5/c1-11(2)17(18(23)22-16-7-6-13(20)9-15(16)21)27-19(24)12(3)26-10-14-5-4-8-25-14/h6-7,9,11-12,14,17H,4-5,8,10H2,1-3H3,(H,22,23). The van der Waals surface area contributed by atoms with Gasteiger partial charge in [0, 0.05) is 12.7 Å². The van der Waals surface area contributed by atoms with Crippen LogP contribution in [0.3, 0.4) is 0 Å². The van der Waals surface area contributed by atoms with Crippen molar-refractivity contribution in [2.75, 3.05) is 18.5 Å². The van der Waals surface area contributed by atoms with E-state index in [9.17, 15) is 18.4 Å². The van der Waals surface area contributed by atoms with Crippen molar-refractivity contribution < 1.29 is 32.6 Å². The first-order valence-electron chi connectivity index (χ1n) is 8.97. The minimum atomic E-state index is -1.14. The summed E-state index contributed by atoms with van der Waals surface area (Å²) in [7, 11) is 0. The number of ether oxygens (including phenoxy) is 3. The van der Waals surface area contributed by atoms with E-state index in [0.717, 1.165) is 25.0 Å². The van der Waals surface area contributed by atoms with Gasteiger partial charge in [0.1, 0.15) is 11.6 Å². The smallest absolute Gasteiger partial charge is 0.335 e. The maximum atomic E-state index is 13.7. The molecule has 6 nitrogen and oxygen atoms in total. The monoisotopic (exact) mass is 385 g/mol. The second-order valence-corrected chi connectivity index (χ2v) is 6.83. The molecule has 8 heteroatoms. The highest BCUT2D eigenvalue weighted by molar-refractivity contribution is 5.95. The lowest BCUT2D eigenvalue weighted by Gasteiger charge is -2.23. The maximum Gasteiger partial charge on any atom is 0.335 e. The van der Waals surface area contributed by atoms with E-state index in [1.165, 1.54) is 6.92 Å². The van der Waals surface area contributed by atoms with Crippen molar-refractivity contribution >= 4 is 17.6 Å². The predicted molar refractivity (Wildman–Crippen MR) is 94.1 cm³/mol. The average Bonchev–Trinajstić information content (AvgIpc) is 3.12.